The smallest absolute Gasteiger partial charge is 0.232 e. The van der Waals surface area contributed by atoms with Crippen molar-refractivity contribution in [1.29, 1.82) is 5.26 Å². The van der Waals surface area contributed by atoms with E-state index < -0.39 is 0 Å². The van der Waals surface area contributed by atoms with Gasteiger partial charge in [-0.1, -0.05) is 57.2 Å². The highest BCUT2D eigenvalue weighted by atomic mass is 16.5. The van der Waals surface area contributed by atoms with Gasteiger partial charge in [0.05, 0.1) is 12.1 Å². The number of aromatic nitrogens is 1. The number of ether oxygens (including phenoxy) is 1. The van der Waals surface area contributed by atoms with Gasteiger partial charge in [-0.15, -0.1) is 0 Å². The Morgan fingerprint density at radius 1 is 1.10 bits per heavy atom. The second-order valence-electron chi connectivity index (χ2n) is 5.26. The largest absolute Gasteiger partial charge is 0.477 e. The summed E-state index contributed by atoms with van der Waals surface area (Å²) in [7, 11) is 0. The second kappa shape index (κ2) is 8.26. The minimum absolute atomic E-state index is 0.463. The summed E-state index contributed by atoms with van der Waals surface area (Å²) < 4.78 is 5.71. The number of para-hydroxylation sites is 1. The van der Waals surface area contributed by atoms with Crippen LogP contribution < -0.4 is 4.74 Å². The number of benzene rings is 1. The predicted octanol–water partition coefficient (Wildman–Crippen LogP) is 4.85. The molecule has 0 aliphatic rings. The summed E-state index contributed by atoms with van der Waals surface area (Å²) in [5.41, 5.74) is 1.38. The zero-order valence-corrected chi connectivity index (χ0v) is 12.6. The molecule has 1 aromatic carbocycles. The van der Waals surface area contributed by atoms with Gasteiger partial charge in [-0.2, -0.15) is 5.26 Å². The third kappa shape index (κ3) is 4.46. The fraction of sp³-hybridized carbons (Fsp3) is 0.444. The van der Waals surface area contributed by atoms with Crippen molar-refractivity contribution in [2.75, 3.05) is 6.61 Å². The number of pyridine rings is 1. The topological polar surface area (TPSA) is 45.9 Å². The van der Waals surface area contributed by atoms with E-state index in [1.165, 1.54) is 32.1 Å². The molecule has 0 radical (unpaired) electrons. The van der Waals surface area contributed by atoms with Gasteiger partial charge in [0.15, 0.2) is 0 Å². The number of rotatable bonds is 8. The van der Waals surface area contributed by atoms with Crippen LogP contribution in [0.15, 0.2) is 30.3 Å². The molecule has 21 heavy (non-hydrogen) atoms. The van der Waals surface area contributed by atoms with Crippen molar-refractivity contribution >= 4 is 10.9 Å². The van der Waals surface area contributed by atoms with E-state index in [1.807, 2.05) is 30.3 Å². The molecule has 2 rings (SSSR count). The van der Waals surface area contributed by atoms with Crippen LogP contribution in [-0.2, 0) is 0 Å². The van der Waals surface area contributed by atoms with Gasteiger partial charge in [-0.05, 0) is 18.6 Å². The number of nitrogens with zero attached hydrogens (tertiary/aromatic N) is 2. The summed E-state index contributed by atoms with van der Waals surface area (Å²) in [5.74, 6) is 0.463. The maximum absolute atomic E-state index is 9.21. The SMILES string of the molecule is CCCCCCCCOc1nc2ccccc2cc1C#N. The molecule has 1 aromatic heterocycles. The lowest BCUT2D eigenvalue weighted by Crippen LogP contribution is -2.01. The van der Waals surface area contributed by atoms with Gasteiger partial charge < -0.3 is 4.74 Å². The summed E-state index contributed by atoms with van der Waals surface area (Å²) >= 11 is 0. The molecule has 0 fully saturated rings. The highest BCUT2D eigenvalue weighted by Crippen LogP contribution is 2.21. The van der Waals surface area contributed by atoms with Crippen molar-refractivity contribution in [2.45, 2.75) is 45.4 Å². The van der Waals surface area contributed by atoms with Crippen molar-refractivity contribution < 1.29 is 4.74 Å². The van der Waals surface area contributed by atoms with E-state index >= 15 is 0 Å². The van der Waals surface area contributed by atoms with E-state index in [-0.39, 0.29) is 0 Å². The number of fused-ring (bicyclic) bond motifs is 1. The number of hydrogen-bond donors (Lipinski definition) is 0. The van der Waals surface area contributed by atoms with E-state index in [4.69, 9.17) is 4.74 Å². The molecule has 0 aliphatic carbocycles. The molecule has 0 atom stereocenters. The third-order valence-electron chi connectivity index (χ3n) is 3.55. The summed E-state index contributed by atoms with van der Waals surface area (Å²) in [6.07, 6.45) is 7.33. The summed E-state index contributed by atoms with van der Waals surface area (Å²) in [5, 5.41) is 10.2. The Hall–Kier alpha value is -2.08. The first-order valence-electron chi connectivity index (χ1n) is 7.78. The Kier molecular flexibility index (Phi) is 6.02. The molecule has 0 saturated carbocycles. The maximum atomic E-state index is 9.21. The van der Waals surface area contributed by atoms with Crippen molar-refractivity contribution in [2.24, 2.45) is 0 Å². The van der Waals surface area contributed by atoms with Gasteiger partial charge in [0, 0.05) is 5.39 Å². The zero-order chi connectivity index (χ0) is 14.9. The predicted molar refractivity (Wildman–Crippen MR) is 85.3 cm³/mol. The van der Waals surface area contributed by atoms with Crippen molar-refractivity contribution in [3.8, 4) is 11.9 Å². The molecule has 1 heterocycles. The fourth-order valence-corrected chi connectivity index (χ4v) is 2.34. The van der Waals surface area contributed by atoms with Crippen LogP contribution >= 0.6 is 0 Å². The van der Waals surface area contributed by atoms with Gasteiger partial charge in [0.2, 0.25) is 5.88 Å². The Balaban J connectivity index is 1.90. The molecule has 110 valence electrons. The van der Waals surface area contributed by atoms with E-state index in [1.54, 1.807) is 0 Å². The molecule has 0 amide bonds. The van der Waals surface area contributed by atoms with Gasteiger partial charge in [-0.3, -0.25) is 0 Å². The minimum Gasteiger partial charge on any atom is -0.477 e. The molecular weight excluding hydrogens is 260 g/mol. The molecule has 0 spiro atoms. The Bertz CT molecular complexity index is 616. The molecule has 0 bridgehead atoms. The summed E-state index contributed by atoms with van der Waals surface area (Å²) in [4.78, 5) is 4.45. The number of unbranched alkanes of at least 4 members (excludes halogenated alkanes) is 5. The Morgan fingerprint density at radius 3 is 2.67 bits per heavy atom. The average Bonchev–Trinajstić information content (AvgIpc) is 2.53. The van der Waals surface area contributed by atoms with Gasteiger partial charge >= 0.3 is 0 Å². The maximum Gasteiger partial charge on any atom is 0.232 e. The number of nitriles is 1. The molecule has 0 saturated heterocycles. The first-order chi connectivity index (χ1) is 10.3. The normalized spacial score (nSPS) is 10.5. The van der Waals surface area contributed by atoms with E-state index in [0.29, 0.717) is 18.1 Å². The summed E-state index contributed by atoms with van der Waals surface area (Å²) in [6, 6.07) is 11.8. The van der Waals surface area contributed by atoms with Crippen LogP contribution in [0.25, 0.3) is 10.9 Å². The first kappa shape index (κ1) is 15.3. The third-order valence-corrected chi connectivity index (χ3v) is 3.55. The van der Waals surface area contributed by atoms with Crippen molar-refractivity contribution in [3.63, 3.8) is 0 Å². The van der Waals surface area contributed by atoms with Crippen LogP contribution in [0, 0.1) is 11.3 Å². The van der Waals surface area contributed by atoms with Crippen LogP contribution in [0.3, 0.4) is 0 Å². The first-order valence-corrected chi connectivity index (χ1v) is 7.78. The Labute approximate surface area is 126 Å². The lowest BCUT2D eigenvalue weighted by atomic mass is 10.1. The standard InChI is InChI=1S/C18H22N2O/c1-2-3-4-5-6-9-12-21-18-16(14-19)13-15-10-7-8-11-17(15)20-18/h7-8,10-11,13H,2-6,9,12H2,1H3. The van der Waals surface area contributed by atoms with Gasteiger partial charge in [0.25, 0.3) is 0 Å². The minimum atomic E-state index is 0.463. The van der Waals surface area contributed by atoms with Crippen LogP contribution in [0.1, 0.15) is 51.0 Å². The monoisotopic (exact) mass is 282 g/mol. The molecule has 0 N–H and O–H groups in total. The molecule has 3 nitrogen and oxygen atoms in total. The van der Waals surface area contributed by atoms with Crippen LogP contribution in [0.4, 0.5) is 0 Å². The zero-order valence-electron chi connectivity index (χ0n) is 12.6. The van der Waals surface area contributed by atoms with Gasteiger partial charge in [-0.25, -0.2) is 4.98 Å². The van der Waals surface area contributed by atoms with Crippen molar-refractivity contribution in [3.05, 3.63) is 35.9 Å². The number of hydrogen-bond acceptors (Lipinski definition) is 3. The van der Waals surface area contributed by atoms with E-state index in [0.717, 1.165) is 17.3 Å². The van der Waals surface area contributed by atoms with Gasteiger partial charge in [0.1, 0.15) is 11.6 Å². The van der Waals surface area contributed by atoms with Crippen LogP contribution in [0.2, 0.25) is 0 Å². The second-order valence-corrected chi connectivity index (χ2v) is 5.26. The lowest BCUT2D eigenvalue weighted by Gasteiger charge is -2.08. The highest BCUT2D eigenvalue weighted by Gasteiger charge is 2.07. The molecule has 0 aliphatic heterocycles. The molecule has 3 heteroatoms. The fourth-order valence-electron chi connectivity index (χ4n) is 2.34. The molecular formula is C18H22N2O. The van der Waals surface area contributed by atoms with Crippen LogP contribution in [-0.4, -0.2) is 11.6 Å². The lowest BCUT2D eigenvalue weighted by molar-refractivity contribution is 0.293. The quantitative estimate of drug-likeness (QED) is 0.650. The highest BCUT2D eigenvalue weighted by molar-refractivity contribution is 5.80. The molecule has 0 unspecified atom stereocenters. The van der Waals surface area contributed by atoms with Crippen LogP contribution in [0.5, 0.6) is 5.88 Å². The average molecular weight is 282 g/mol. The Morgan fingerprint density at radius 2 is 1.86 bits per heavy atom. The summed E-state index contributed by atoms with van der Waals surface area (Å²) in [6.45, 7) is 2.85. The van der Waals surface area contributed by atoms with E-state index in [2.05, 4.69) is 18.0 Å². The van der Waals surface area contributed by atoms with Crippen molar-refractivity contribution in [1.82, 2.24) is 4.98 Å². The molecule has 2 aromatic rings. The van der Waals surface area contributed by atoms with E-state index in [9.17, 15) is 5.26 Å².